The standard InChI is InChI=1S/C22H45NO3/c1-4-5-6-7-8-9-10-11-12-13-14-15-16-17-18-19-20(24)26-21(25)22(2,3)23/h21,25H,4-19,23H2,1-3H3. The first-order chi connectivity index (χ1) is 12.4. The van der Waals surface area contributed by atoms with E-state index in [2.05, 4.69) is 6.92 Å². The first-order valence-electron chi connectivity index (χ1n) is 11.0. The normalized spacial score (nSPS) is 13.0. The molecule has 0 aromatic heterocycles. The van der Waals surface area contributed by atoms with Gasteiger partial charge >= 0.3 is 5.97 Å². The molecular formula is C22H45NO3. The minimum atomic E-state index is -1.23. The molecule has 0 aliphatic carbocycles. The molecule has 1 unspecified atom stereocenters. The van der Waals surface area contributed by atoms with Gasteiger partial charge in [0.05, 0.1) is 5.54 Å². The minimum absolute atomic E-state index is 0.356. The Morgan fingerprint density at radius 3 is 1.50 bits per heavy atom. The van der Waals surface area contributed by atoms with Crippen LogP contribution >= 0.6 is 0 Å². The van der Waals surface area contributed by atoms with Crippen LogP contribution in [0.1, 0.15) is 124 Å². The molecule has 3 N–H and O–H groups in total. The zero-order valence-electron chi connectivity index (χ0n) is 17.7. The van der Waals surface area contributed by atoms with Crippen LogP contribution in [0.5, 0.6) is 0 Å². The third-order valence-electron chi connectivity index (χ3n) is 4.86. The van der Waals surface area contributed by atoms with Crippen LogP contribution in [0.2, 0.25) is 0 Å². The summed E-state index contributed by atoms with van der Waals surface area (Å²) < 4.78 is 4.93. The monoisotopic (exact) mass is 371 g/mol. The Morgan fingerprint density at radius 2 is 1.15 bits per heavy atom. The number of aliphatic hydroxyl groups is 1. The summed E-state index contributed by atoms with van der Waals surface area (Å²) in [6.45, 7) is 5.54. The van der Waals surface area contributed by atoms with E-state index in [9.17, 15) is 9.90 Å². The Labute approximate surface area is 162 Å². The number of hydrogen-bond acceptors (Lipinski definition) is 4. The highest BCUT2D eigenvalue weighted by Gasteiger charge is 2.26. The van der Waals surface area contributed by atoms with E-state index in [1.165, 1.54) is 83.5 Å². The first kappa shape index (κ1) is 25.4. The number of ether oxygens (including phenoxy) is 1. The number of carbonyl (C=O) groups is 1. The van der Waals surface area contributed by atoms with Crippen molar-refractivity contribution in [2.45, 2.75) is 135 Å². The number of aliphatic hydroxyl groups excluding tert-OH is 1. The molecule has 26 heavy (non-hydrogen) atoms. The third kappa shape index (κ3) is 16.8. The number of rotatable bonds is 18. The molecule has 0 aromatic rings. The maximum absolute atomic E-state index is 11.6. The fourth-order valence-corrected chi connectivity index (χ4v) is 2.98. The summed E-state index contributed by atoms with van der Waals surface area (Å²) in [7, 11) is 0. The summed E-state index contributed by atoms with van der Waals surface area (Å²) in [5.74, 6) is -0.356. The maximum Gasteiger partial charge on any atom is 0.308 e. The van der Waals surface area contributed by atoms with E-state index in [4.69, 9.17) is 10.5 Å². The largest absolute Gasteiger partial charge is 0.434 e. The van der Waals surface area contributed by atoms with Crippen molar-refractivity contribution in [1.29, 1.82) is 0 Å². The molecule has 0 spiro atoms. The molecular weight excluding hydrogens is 326 g/mol. The highest BCUT2D eigenvalue weighted by Crippen LogP contribution is 2.14. The third-order valence-corrected chi connectivity index (χ3v) is 4.86. The molecule has 0 saturated carbocycles. The molecule has 0 saturated heterocycles. The smallest absolute Gasteiger partial charge is 0.308 e. The van der Waals surface area contributed by atoms with Crippen molar-refractivity contribution in [3.63, 3.8) is 0 Å². The van der Waals surface area contributed by atoms with Crippen LogP contribution in [0, 0.1) is 0 Å². The van der Waals surface area contributed by atoms with Crippen LogP contribution in [0.25, 0.3) is 0 Å². The molecule has 4 nitrogen and oxygen atoms in total. The zero-order chi connectivity index (χ0) is 19.7. The molecule has 0 rings (SSSR count). The van der Waals surface area contributed by atoms with Crippen molar-refractivity contribution >= 4 is 5.97 Å². The molecule has 1 atom stereocenters. The molecule has 0 aliphatic rings. The summed E-state index contributed by atoms with van der Waals surface area (Å²) in [6, 6.07) is 0. The average Bonchev–Trinajstić information content (AvgIpc) is 2.57. The Morgan fingerprint density at radius 1 is 0.808 bits per heavy atom. The van der Waals surface area contributed by atoms with Gasteiger partial charge in [0.25, 0.3) is 0 Å². The fourth-order valence-electron chi connectivity index (χ4n) is 2.98. The average molecular weight is 372 g/mol. The SMILES string of the molecule is CCCCCCCCCCCCCCCCCC(=O)OC(O)C(C)(C)N. The second-order valence-corrected chi connectivity index (χ2v) is 8.36. The summed E-state index contributed by atoms with van der Waals surface area (Å²) in [5, 5.41) is 9.61. The molecule has 0 aliphatic heterocycles. The van der Waals surface area contributed by atoms with Crippen LogP contribution in [-0.4, -0.2) is 22.9 Å². The quantitative estimate of drug-likeness (QED) is 0.180. The van der Waals surface area contributed by atoms with Crippen LogP contribution in [0.15, 0.2) is 0 Å². The topological polar surface area (TPSA) is 72.5 Å². The lowest BCUT2D eigenvalue weighted by molar-refractivity contribution is -0.177. The maximum atomic E-state index is 11.6. The van der Waals surface area contributed by atoms with Gasteiger partial charge in [-0.05, 0) is 20.3 Å². The van der Waals surface area contributed by atoms with Crippen molar-refractivity contribution in [2.24, 2.45) is 5.73 Å². The molecule has 0 heterocycles. The van der Waals surface area contributed by atoms with E-state index >= 15 is 0 Å². The second-order valence-electron chi connectivity index (χ2n) is 8.36. The van der Waals surface area contributed by atoms with Crippen molar-refractivity contribution < 1.29 is 14.6 Å². The van der Waals surface area contributed by atoms with Gasteiger partial charge in [-0.25, -0.2) is 0 Å². The van der Waals surface area contributed by atoms with Gasteiger partial charge in [-0.15, -0.1) is 0 Å². The summed E-state index contributed by atoms with van der Waals surface area (Å²) in [4.78, 5) is 11.6. The summed E-state index contributed by atoms with van der Waals surface area (Å²) >= 11 is 0. The summed E-state index contributed by atoms with van der Waals surface area (Å²) in [6.07, 6.45) is 18.7. The Hall–Kier alpha value is -0.610. The number of carbonyl (C=O) groups excluding carboxylic acids is 1. The molecule has 0 aromatic carbocycles. The lowest BCUT2D eigenvalue weighted by Crippen LogP contribution is -2.47. The van der Waals surface area contributed by atoms with Gasteiger partial charge in [-0.2, -0.15) is 0 Å². The van der Waals surface area contributed by atoms with E-state index in [-0.39, 0.29) is 5.97 Å². The van der Waals surface area contributed by atoms with E-state index in [1.807, 2.05) is 0 Å². The summed E-state index contributed by atoms with van der Waals surface area (Å²) in [5.41, 5.74) is 4.77. The Bertz CT molecular complexity index is 326. The Balaban J connectivity index is 3.25. The van der Waals surface area contributed by atoms with Crippen molar-refractivity contribution in [3.8, 4) is 0 Å². The molecule has 156 valence electrons. The van der Waals surface area contributed by atoms with Crippen molar-refractivity contribution in [3.05, 3.63) is 0 Å². The number of esters is 1. The second kappa shape index (κ2) is 16.6. The fraction of sp³-hybridized carbons (Fsp3) is 0.955. The van der Waals surface area contributed by atoms with Crippen LogP contribution in [0.4, 0.5) is 0 Å². The lowest BCUT2D eigenvalue weighted by Gasteiger charge is -2.25. The van der Waals surface area contributed by atoms with Gasteiger partial charge in [-0.3, -0.25) is 4.79 Å². The molecule has 0 amide bonds. The van der Waals surface area contributed by atoms with Gasteiger partial charge in [0.2, 0.25) is 6.29 Å². The minimum Gasteiger partial charge on any atom is -0.434 e. The van der Waals surface area contributed by atoms with E-state index in [0.29, 0.717) is 6.42 Å². The van der Waals surface area contributed by atoms with Crippen LogP contribution in [0.3, 0.4) is 0 Å². The lowest BCUT2D eigenvalue weighted by atomic mass is 10.0. The van der Waals surface area contributed by atoms with Gasteiger partial charge in [0, 0.05) is 6.42 Å². The van der Waals surface area contributed by atoms with Crippen molar-refractivity contribution in [1.82, 2.24) is 0 Å². The van der Waals surface area contributed by atoms with E-state index < -0.39 is 11.8 Å². The molecule has 0 fully saturated rings. The Kier molecular flexibility index (Phi) is 16.2. The predicted molar refractivity (Wildman–Crippen MR) is 110 cm³/mol. The predicted octanol–water partition coefficient (Wildman–Crippen LogP) is 5.85. The number of unbranched alkanes of at least 4 members (excludes halogenated alkanes) is 14. The van der Waals surface area contributed by atoms with Gasteiger partial charge in [0.15, 0.2) is 0 Å². The van der Waals surface area contributed by atoms with Gasteiger partial charge in [0.1, 0.15) is 0 Å². The highest BCUT2D eigenvalue weighted by atomic mass is 16.6. The number of hydrogen-bond donors (Lipinski definition) is 2. The first-order valence-corrected chi connectivity index (χ1v) is 11.0. The van der Waals surface area contributed by atoms with E-state index in [0.717, 1.165) is 12.8 Å². The van der Waals surface area contributed by atoms with Crippen LogP contribution in [-0.2, 0) is 9.53 Å². The molecule has 4 heteroatoms. The van der Waals surface area contributed by atoms with Crippen molar-refractivity contribution in [2.75, 3.05) is 0 Å². The van der Waals surface area contributed by atoms with Gasteiger partial charge in [-0.1, -0.05) is 96.8 Å². The molecule has 0 bridgehead atoms. The van der Waals surface area contributed by atoms with Gasteiger partial charge < -0.3 is 15.6 Å². The van der Waals surface area contributed by atoms with Crippen LogP contribution < -0.4 is 5.73 Å². The van der Waals surface area contributed by atoms with E-state index in [1.54, 1.807) is 13.8 Å². The highest BCUT2D eigenvalue weighted by molar-refractivity contribution is 5.69. The molecule has 0 radical (unpaired) electrons. The number of nitrogens with two attached hydrogens (primary N) is 1. The zero-order valence-corrected chi connectivity index (χ0v) is 17.7.